The van der Waals surface area contributed by atoms with Gasteiger partial charge in [-0.25, -0.2) is 4.79 Å². The summed E-state index contributed by atoms with van der Waals surface area (Å²) >= 11 is 0. The van der Waals surface area contributed by atoms with Crippen LogP contribution in [0.2, 0.25) is 0 Å². The van der Waals surface area contributed by atoms with Crippen LogP contribution < -0.4 is 19.1 Å². The molecule has 4 rings (SSSR count). The zero-order valence-electron chi connectivity index (χ0n) is 23.1. The molecule has 44 heavy (non-hydrogen) atoms. The zero-order chi connectivity index (χ0) is 32.1. The third-order valence-corrected chi connectivity index (χ3v) is 6.05. The molecule has 1 N–H and O–H groups in total. The number of rotatable bonds is 12. The average molecular weight is 626 g/mol. The minimum atomic E-state index is -4.85. The number of hydrogen-bond donors (Lipinski definition) is 1. The molecule has 0 spiro atoms. The van der Waals surface area contributed by atoms with Crippen molar-refractivity contribution in [2.45, 2.75) is 45.1 Å². The van der Waals surface area contributed by atoms with Gasteiger partial charge in [-0.3, -0.25) is 0 Å². The van der Waals surface area contributed by atoms with E-state index >= 15 is 0 Å². The molecule has 4 aromatic rings. The average Bonchev–Trinajstić information content (AvgIpc) is 3.41. The molecular formula is C29H25F6N3O6. The Labute approximate surface area is 246 Å². The van der Waals surface area contributed by atoms with E-state index in [4.69, 9.17) is 9.26 Å². The fourth-order valence-corrected chi connectivity index (χ4v) is 3.85. The quantitative estimate of drug-likeness (QED) is 0.166. The third-order valence-electron chi connectivity index (χ3n) is 6.05. The summed E-state index contributed by atoms with van der Waals surface area (Å²) in [5, 5.41) is 13.3. The standard InChI is InChI=1S/C29H25F6N3O6/c1-27(2,25(39)40)41-21-9-3-18(4-10-21)15-16-38(17-19-5-11-22(12-6-19)42-28(30,31)32)26-36-24(44-37-26)20-7-13-23(14-8-20)43-29(33,34)35/h3-14H,15-17H2,1-2H3,(H,39,40). The Hall–Kier alpha value is -4.95. The molecule has 0 radical (unpaired) electrons. The van der Waals surface area contributed by atoms with Gasteiger partial charge in [0.2, 0.25) is 0 Å². The second-order valence-electron chi connectivity index (χ2n) is 9.90. The molecule has 0 aliphatic rings. The number of benzene rings is 3. The predicted molar refractivity (Wildman–Crippen MR) is 143 cm³/mol. The summed E-state index contributed by atoms with van der Waals surface area (Å²) < 4.78 is 93.8. The second-order valence-corrected chi connectivity index (χ2v) is 9.90. The Morgan fingerprint density at radius 2 is 1.25 bits per heavy atom. The molecule has 0 amide bonds. The van der Waals surface area contributed by atoms with Crippen LogP contribution in [0, 0.1) is 0 Å². The molecule has 1 heterocycles. The molecule has 0 saturated carbocycles. The van der Waals surface area contributed by atoms with Crippen LogP contribution in [0.15, 0.2) is 77.3 Å². The summed E-state index contributed by atoms with van der Waals surface area (Å²) in [6, 6.07) is 16.8. The molecule has 0 atom stereocenters. The highest BCUT2D eigenvalue weighted by Crippen LogP contribution is 2.28. The number of nitrogens with zero attached hydrogens (tertiary/aromatic N) is 3. The van der Waals surface area contributed by atoms with Crippen LogP contribution in [0.1, 0.15) is 25.0 Å². The normalized spacial score (nSPS) is 12.1. The lowest BCUT2D eigenvalue weighted by Gasteiger charge is -2.22. The van der Waals surface area contributed by atoms with Crippen molar-refractivity contribution in [1.82, 2.24) is 10.1 Å². The fourth-order valence-electron chi connectivity index (χ4n) is 3.85. The summed E-state index contributed by atoms with van der Waals surface area (Å²) in [6.07, 6.45) is -9.25. The predicted octanol–water partition coefficient (Wildman–Crippen LogP) is 7.03. The van der Waals surface area contributed by atoms with Crippen LogP contribution in [0.5, 0.6) is 17.2 Å². The monoisotopic (exact) mass is 625 g/mol. The van der Waals surface area contributed by atoms with Crippen molar-refractivity contribution in [2.75, 3.05) is 11.4 Å². The van der Waals surface area contributed by atoms with E-state index < -0.39 is 30.0 Å². The van der Waals surface area contributed by atoms with Crippen molar-refractivity contribution in [3.63, 3.8) is 0 Å². The van der Waals surface area contributed by atoms with Gasteiger partial charge in [0.25, 0.3) is 11.8 Å². The van der Waals surface area contributed by atoms with Crippen molar-refractivity contribution in [2.24, 2.45) is 0 Å². The fraction of sp³-hybridized carbons (Fsp3) is 0.276. The SMILES string of the molecule is CC(C)(Oc1ccc(CCN(Cc2ccc(OC(F)(F)F)cc2)c2noc(-c3ccc(OC(F)(F)F)cc3)n2)cc1)C(=O)O. The van der Waals surface area contributed by atoms with Crippen molar-refractivity contribution >= 4 is 11.9 Å². The number of carbonyl (C=O) groups is 1. The van der Waals surface area contributed by atoms with Gasteiger partial charge in [0, 0.05) is 18.7 Å². The Morgan fingerprint density at radius 1 is 0.773 bits per heavy atom. The first kappa shape index (κ1) is 32.0. The molecule has 0 bridgehead atoms. The van der Waals surface area contributed by atoms with Gasteiger partial charge < -0.3 is 28.7 Å². The largest absolute Gasteiger partial charge is 0.573 e. The van der Waals surface area contributed by atoms with E-state index in [1.165, 1.54) is 50.2 Å². The molecule has 0 unspecified atom stereocenters. The number of hydrogen-bond acceptors (Lipinski definition) is 8. The van der Waals surface area contributed by atoms with Gasteiger partial charge >= 0.3 is 18.7 Å². The minimum Gasteiger partial charge on any atom is -0.478 e. The zero-order valence-corrected chi connectivity index (χ0v) is 23.1. The number of halogens is 6. The van der Waals surface area contributed by atoms with Gasteiger partial charge in [-0.05, 0) is 85.1 Å². The Morgan fingerprint density at radius 3 is 1.75 bits per heavy atom. The molecule has 1 aromatic heterocycles. The van der Waals surface area contributed by atoms with E-state index in [-0.39, 0.29) is 24.1 Å². The molecule has 3 aromatic carbocycles. The van der Waals surface area contributed by atoms with Crippen LogP contribution in [0.25, 0.3) is 11.5 Å². The number of ether oxygens (including phenoxy) is 3. The first-order chi connectivity index (χ1) is 20.6. The van der Waals surface area contributed by atoms with Gasteiger partial charge in [-0.1, -0.05) is 24.3 Å². The number of alkyl halides is 6. The molecule has 0 fully saturated rings. The van der Waals surface area contributed by atoms with Gasteiger partial charge in [-0.2, -0.15) is 4.98 Å². The lowest BCUT2D eigenvalue weighted by Crippen LogP contribution is -2.37. The summed E-state index contributed by atoms with van der Waals surface area (Å²) in [5.41, 5.74) is 0.334. The highest BCUT2D eigenvalue weighted by atomic mass is 19.4. The molecular weight excluding hydrogens is 600 g/mol. The van der Waals surface area contributed by atoms with Crippen molar-refractivity contribution < 1.29 is 55.0 Å². The number of carboxylic acids is 1. The summed E-state index contributed by atoms with van der Waals surface area (Å²) in [4.78, 5) is 17.4. The van der Waals surface area contributed by atoms with Crippen LogP contribution >= 0.6 is 0 Å². The van der Waals surface area contributed by atoms with E-state index in [9.17, 15) is 36.2 Å². The molecule has 0 aliphatic carbocycles. The maximum atomic E-state index is 12.6. The first-order valence-electron chi connectivity index (χ1n) is 12.9. The van der Waals surface area contributed by atoms with Gasteiger partial charge in [0.1, 0.15) is 17.2 Å². The van der Waals surface area contributed by atoms with Gasteiger partial charge in [0.05, 0.1) is 0 Å². The summed E-state index contributed by atoms with van der Waals surface area (Å²) in [7, 11) is 0. The summed E-state index contributed by atoms with van der Waals surface area (Å²) in [5.74, 6) is -1.45. The molecule has 234 valence electrons. The second kappa shape index (κ2) is 12.7. The van der Waals surface area contributed by atoms with E-state index in [1.54, 1.807) is 29.2 Å². The lowest BCUT2D eigenvalue weighted by molar-refractivity contribution is -0.275. The maximum absolute atomic E-state index is 12.6. The van der Waals surface area contributed by atoms with E-state index in [0.717, 1.165) is 17.7 Å². The number of carboxylic acid groups (broad SMARTS) is 1. The molecule has 9 nitrogen and oxygen atoms in total. The smallest absolute Gasteiger partial charge is 0.478 e. The van der Waals surface area contributed by atoms with Crippen LogP contribution in [0.3, 0.4) is 0 Å². The van der Waals surface area contributed by atoms with Gasteiger partial charge in [0.15, 0.2) is 5.60 Å². The molecule has 15 heteroatoms. The Balaban J connectivity index is 1.52. The highest BCUT2D eigenvalue weighted by Gasteiger charge is 2.32. The topological polar surface area (TPSA) is 107 Å². The van der Waals surface area contributed by atoms with Crippen LogP contribution in [-0.4, -0.2) is 46.1 Å². The number of aliphatic carboxylic acids is 1. The Bertz CT molecular complexity index is 1540. The maximum Gasteiger partial charge on any atom is 0.573 e. The number of anilines is 1. The van der Waals surface area contributed by atoms with Crippen LogP contribution in [-0.2, 0) is 17.8 Å². The highest BCUT2D eigenvalue weighted by molar-refractivity contribution is 5.76. The summed E-state index contributed by atoms with van der Waals surface area (Å²) in [6.45, 7) is 3.30. The third kappa shape index (κ3) is 9.28. The first-order valence-corrected chi connectivity index (χ1v) is 12.9. The van der Waals surface area contributed by atoms with E-state index in [1.807, 2.05) is 0 Å². The lowest BCUT2D eigenvalue weighted by atomic mass is 10.1. The molecule has 0 aliphatic heterocycles. The van der Waals surface area contributed by atoms with Crippen LogP contribution in [0.4, 0.5) is 32.3 Å². The number of aromatic nitrogens is 2. The van der Waals surface area contributed by atoms with Crippen molar-refractivity contribution in [3.05, 3.63) is 83.9 Å². The van der Waals surface area contributed by atoms with Gasteiger partial charge in [-0.15, -0.1) is 26.3 Å². The van der Waals surface area contributed by atoms with Crippen molar-refractivity contribution in [3.8, 4) is 28.7 Å². The Kier molecular flexibility index (Phi) is 9.25. The minimum absolute atomic E-state index is 0.0139. The van der Waals surface area contributed by atoms with Crippen molar-refractivity contribution in [1.29, 1.82) is 0 Å². The molecule has 0 saturated heterocycles. The van der Waals surface area contributed by atoms with E-state index in [0.29, 0.717) is 29.8 Å². The van der Waals surface area contributed by atoms with E-state index in [2.05, 4.69) is 19.6 Å².